The molecule has 6 heteroatoms. The Bertz CT molecular complexity index is 465. The van der Waals surface area contributed by atoms with E-state index >= 15 is 0 Å². The molecule has 0 radical (unpaired) electrons. The number of halogens is 3. The molecule has 0 spiro atoms. The fraction of sp³-hybridized carbons (Fsp3) is 0.625. The summed E-state index contributed by atoms with van der Waals surface area (Å²) in [6.07, 6.45) is 4.14. The smallest absolute Gasteiger partial charge is 0.133 e. The Labute approximate surface area is 154 Å². The first-order chi connectivity index (χ1) is 9.78. The lowest BCUT2D eigenvalue weighted by Gasteiger charge is -2.35. The van der Waals surface area contributed by atoms with Crippen molar-refractivity contribution in [1.82, 2.24) is 10.2 Å². The van der Waals surface area contributed by atoms with Gasteiger partial charge in [-0.25, -0.2) is 0 Å². The number of nitrogens with one attached hydrogen (secondary N) is 1. The number of hydrogen-bond acceptors (Lipinski definition) is 3. The summed E-state index contributed by atoms with van der Waals surface area (Å²) in [5, 5.41) is 3.45. The van der Waals surface area contributed by atoms with Crippen LogP contribution in [0.4, 0.5) is 0 Å². The Balaban J connectivity index is 0.00000121. The second kappa shape index (κ2) is 9.33. The highest BCUT2D eigenvalue weighted by Gasteiger charge is 2.30. The molecular formula is C16H25BrCl2N2O. The van der Waals surface area contributed by atoms with E-state index in [1.807, 2.05) is 0 Å². The molecule has 126 valence electrons. The lowest BCUT2D eigenvalue weighted by Crippen LogP contribution is -2.45. The maximum Gasteiger partial charge on any atom is 0.133 e. The van der Waals surface area contributed by atoms with Gasteiger partial charge in [0, 0.05) is 32.2 Å². The van der Waals surface area contributed by atoms with Crippen LogP contribution >= 0.6 is 40.7 Å². The molecule has 2 fully saturated rings. The predicted molar refractivity (Wildman–Crippen MR) is 99.7 cm³/mol. The van der Waals surface area contributed by atoms with Gasteiger partial charge in [-0.3, -0.25) is 4.90 Å². The summed E-state index contributed by atoms with van der Waals surface area (Å²) in [6, 6.07) is 7.13. The molecule has 1 aromatic rings. The summed E-state index contributed by atoms with van der Waals surface area (Å²) in [6.45, 7) is 4.53. The van der Waals surface area contributed by atoms with Gasteiger partial charge >= 0.3 is 0 Å². The molecule has 3 rings (SSSR count). The molecule has 1 aliphatic heterocycles. The van der Waals surface area contributed by atoms with Gasteiger partial charge in [0.05, 0.1) is 11.6 Å². The number of ether oxygens (including phenoxy) is 1. The highest BCUT2D eigenvalue weighted by atomic mass is 79.9. The molecule has 22 heavy (non-hydrogen) atoms. The third-order valence-electron chi connectivity index (χ3n) is 4.41. The standard InChI is InChI=1S/C16H23BrN2O.2ClH/c1-20-16-5-4-13(11-14(16)17)15(10-12-2-3-12)19-8-6-18-7-9-19;;/h4-5,11-12,15,18H,2-3,6-10H2,1H3;2*1H/t15-;;/m0../s1. The van der Waals surface area contributed by atoms with Crippen molar-refractivity contribution < 1.29 is 4.74 Å². The van der Waals surface area contributed by atoms with Crippen molar-refractivity contribution in [3.8, 4) is 5.75 Å². The maximum absolute atomic E-state index is 5.35. The third-order valence-corrected chi connectivity index (χ3v) is 5.03. The van der Waals surface area contributed by atoms with E-state index in [-0.39, 0.29) is 24.8 Å². The molecule has 0 bridgehead atoms. The second-order valence-corrected chi connectivity index (χ2v) is 6.73. The van der Waals surface area contributed by atoms with Gasteiger partial charge in [-0.1, -0.05) is 18.9 Å². The lowest BCUT2D eigenvalue weighted by molar-refractivity contribution is 0.160. The molecule has 3 nitrogen and oxygen atoms in total. The quantitative estimate of drug-likeness (QED) is 0.790. The molecule has 2 aliphatic rings. The average Bonchev–Trinajstić information content (AvgIpc) is 3.30. The zero-order valence-corrected chi connectivity index (χ0v) is 16.1. The molecule has 1 atom stereocenters. The summed E-state index contributed by atoms with van der Waals surface area (Å²) in [5.41, 5.74) is 1.42. The first-order valence-electron chi connectivity index (χ1n) is 7.56. The Morgan fingerprint density at radius 2 is 1.95 bits per heavy atom. The first kappa shape index (κ1) is 20.0. The van der Waals surface area contributed by atoms with Gasteiger partial charge < -0.3 is 10.1 Å². The fourth-order valence-electron chi connectivity index (χ4n) is 3.05. The van der Waals surface area contributed by atoms with Crippen molar-refractivity contribution >= 4 is 40.7 Å². The molecule has 0 amide bonds. The van der Waals surface area contributed by atoms with Gasteiger partial charge in [-0.15, -0.1) is 24.8 Å². The van der Waals surface area contributed by atoms with Crippen molar-refractivity contribution in [3.63, 3.8) is 0 Å². The van der Waals surface area contributed by atoms with Crippen molar-refractivity contribution in [3.05, 3.63) is 28.2 Å². The van der Waals surface area contributed by atoms with E-state index < -0.39 is 0 Å². The van der Waals surface area contributed by atoms with Crippen LogP contribution in [0.3, 0.4) is 0 Å². The van der Waals surface area contributed by atoms with E-state index in [9.17, 15) is 0 Å². The maximum atomic E-state index is 5.35. The van der Waals surface area contributed by atoms with E-state index in [2.05, 4.69) is 44.3 Å². The zero-order valence-electron chi connectivity index (χ0n) is 12.9. The monoisotopic (exact) mass is 410 g/mol. The topological polar surface area (TPSA) is 24.5 Å². The van der Waals surface area contributed by atoms with Crippen LogP contribution in [-0.4, -0.2) is 38.2 Å². The predicted octanol–water partition coefficient (Wildman–Crippen LogP) is 4.05. The molecule has 1 saturated carbocycles. The number of benzene rings is 1. The van der Waals surface area contributed by atoms with Crippen LogP contribution in [0.25, 0.3) is 0 Å². The minimum Gasteiger partial charge on any atom is -0.496 e. The van der Waals surface area contributed by atoms with Gasteiger partial charge in [0.2, 0.25) is 0 Å². The number of piperazine rings is 1. The van der Waals surface area contributed by atoms with E-state index in [0.29, 0.717) is 6.04 Å². The van der Waals surface area contributed by atoms with Crippen LogP contribution < -0.4 is 10.1 Å². The summed E-state index contributed by atoms with van der Waals surface area (Å²) in [4.78, 5) is 2.64. The largest absolute Gasteiger partial charge is 0.496 e. The normalized spacial score (nSPS) is 19.7. The highest BCUT2D eigenvalue weighted by Crippen LogP contribution is 2.41. The summed E-state index contributed by atoms with van der Waals surface area (Å²) in [5.74, 6) is 1.86. The minimum atomic E-state index is 0. The summed E-state index contributed by atoms with van der Waals surface area (Å²) >= 11 is 3.63. The molecule has 1 saturated heterocycles. The lowest BCUT2D eigenvalue weighted by atomic mass is 9.98. The van der Waals surface area contributed by atoms with E-state index in [1.54, 1.807) is 7.11 Å². The average molecular weight is 412 g/mol. The van der Waals surface area contributed by atoms with Crippen LogP contribution in [0.5, 0.6) is 5.75 Å². The SMILES string of the molecule is COc1ccc([C@H](CC2CC2)N2CCNCC2)cc1Br.Cl.Cl. The minimum absolute atomic E-state index is 0. The molecule has 1 heterocycles. The highest BCUT2D eigenvalue weighted by molar-refractivity contribution is 9.10. The first-order valence-corrected chi connectivity index (χ1v) is 8.35. The van der Waals surface area contributed by atoms with Crippen molar-refractivity contribution in [2.24, 2.45) is 5.92 Å². The zero-order chi connectivity index (χ0) is 13.9. The molecular weight excluding hydrogens is 387 g/mol. The number of hydrogen-bond donors (Lipinski definition) is 1. The molecule has 0 unspecified atom stereocenters. The van der Waals surface area contributed by atoms with E-state index in [1.165, 1.54) is 24.8 Å². The van der Waals surface area contributed by atoms with Gasteiger partial charge in [0.15, 0.2) is 0 Å². The van der Waals surface area contributed by atoms with Crippen LogP contribution in [0.15, 0.2) is 22.7 Å². The van der Waals surface area contributed by atoms with Gasteiger partial charge in [0.25, 0.3) is 0 Å². The second-order valence-electron chi connectivity index (χ2n) is 5.87. The van der Waals surface area contributed by atoms with Crippen molar-refractivity contribution in [2.75, 3.05) is 33.3 Å². The van der Waals surface area contributed by atoms with Gasteiger partial charge in [-0.05, 0) is 46.0 Å². The van der Waals surface area contributed by atoms with E-state index in [0.717, 1.165) is 42.3 Å². The number of rotatable bonds is 5. The summed E-state index contributed by atoms with van der Waals surface area (Å²) in [7, 11) is 1.72. The third kappa shape index (κ3) is 5.00. The van der Waals surface area contributed by atoms with Crippen LogP contribution in [0.1, 0.15) is 30.9 Å². The van der Waals surface area contributed by atoms with Gasteiger partial charge in [0.1, 0.15) is 5.75 Å². The van der Waals surface area contributed by atoms with Crippen LogP contribution in [-0.2, 0) is 0 Å². The Kier molecular flexibility index (Phi) is 8.50. The molecule has 1 aliphatic carbocycles. The van der Waals surface area contributed by atoms with Crippen LogP contribution in [0.2, 0.25) is 0 Å². The summed E-state index contributed by atoms with van der Waals surface area (Å²) < 4.78 is 6.41. The molecule has 0 aromatic heterocycles. The molecule has 1 N–H and O–H groups in total. The Morgan fingerprint density at radius 1 is 1.27 bits per heavy atom. The van der Waals surface area contributed by atoms with Crippen LogP contribution in [0, 0.1) is 5.92 Å². The Hall–Kier alpha value is -0.000000000000000111. The Morgan fingerprint density at radius 3 is 2.50 bits per heavy atom. The fourth-order valence-corrected chi connectivity index (χ4v) is 3.61. The molecule has 1 aromatic carbocycles. The number of methoxy groups -OCH3 is 1. The van der Waals surface area contributed by atoms with Gasteiger partial charge in [-0.2, -0.15) is 0 Å². The van der Waals surface area contributed by atoms with E-state index in [4.69, 9.17) is 4.74 Å². The van der Waals surface area contributed by atoms with Crippen molar-refractivity contribution in [2.45, 2.75) is 25.3 Å². The number of nitrogens with zero attached hydrogens (tertiary/aromatic N) is 1. The van der Waals surface area contributed by atoms with Crippen molar-refractivity contribution in [1.29, 1.82) is 0 Å².